The summed E-state index contributed by atoms with van der Waals surface area (Å²) in [5, 5.41) is 7.53. The summed E-state index contributed by atoms with van der Waals surface area (Å²) in [5.41, 5.74) is 18.2. The van der Waals surface area contributed by atoms with Gasteiger partial charge in [-0.2, -0.15) is 0 Å². The molecule has 0 heterocycles. The van der Waals surface area contributed by atoms with E-state index in [1.165, 1.54) is 93.5 Å². The fourth-order valence-corrected chi connectivity index (χ4v) is 10.4. The molecule has 1 aliphatic rings. The quantitative estimate of drug-likeness (QED) is 0.138. The Morgan fingerprint density at radius 2 is 0.864 bits per heavy atom. The molecule has 66 heavy (non-hydrogen) atoms. The molecular weight excluding hydrogens is 795 g/mol. The molecule has 312 valence electrons. The zero-order valence-corrected chi connectivity index (χ0v) is 36.9. The average molecular weight is 842 g/mol. The molecule has 1 atom stereocenters. The highest BCUT2D eigenvalue weighted by molar-refractivity contribution is 6.12. The van der Waals surface area contributed by atoms with Crippen LogP contribution in [0.25, 0.3) is 94.0 Å². The number of fused-ring (bicyclic) bond motifs is 5. The lowest BCUT2D eigenvalue weighted by Gasteiger charge is -2.29. The molecule has 1 nitrogen and oxygen atoms in total. The summed E-state index contributed by atoms with van der Waals surface area (Å²) in [4.78, 5) is 2.44. The number of allylic oxidation sites excluding steroid dienone is 1. The molecule has 0 aromatic heterocycles. The number of anilines is 3. The third-order valence-corrected chi connectivity index (χ3v) is 13.7. The summed E-state index contributed by atoms with van der Waals surface area (Å²) in [6, 6.07) is 87.2. The fraction of sp³-hybridized carbons (Fsp3) is 0.0462. The summed E-state index contributed by atoms with van der Waals surface area (Å²) in [5.74, 6) is 0.501. The van der Waals surface area contributed by atoms with Gasteiger partial charge in [0, 0.05) is 16.9 Å². The Kier molecular flexibility index (Phi) is 9.95. The monoisotopic (exact) mass is 841 g/mol. The Morgan fingerprint density at radius 1 is 0.348 bits per heavy atom. The van der Waals surface area contributed by atoms with E-state index in [4.69, 9.17) is 0 Å². The third-order valence-electron chi connectivity index (χ3n) is 13.7. The Hall–Kier alpha value is -8.26. The van der Waals surface area contributed by atoms with Crippen molar-refractivity contribution in [3.63, 3.8) is 0 Å². The average Bonchev–Trinajstić information content (AvgIpc) is 3.39. The summed E-state index contributed by atoms with van der Waals surface area (Å²) in [6.45, 7) is 2.34. The maximum Gasteiger partial charge on any atom is 0.0546 e. The van der Waals surface area contributed by atoms with Crippen LogP contribution in [0.15, 0.2) is 243 Å². The van der Waals surface area contributed by atoms with Crippen LogP contribution >= 0.6 is 0 Å². The van der Waals surface area contributed by atoms with Gasteiger partial charge >= 0.3 is 0 Å². The number of hydrogen-bond donors (Lipinski definition) is 0. The van der Waals surface area contributed by atoms with Crippen LogP contribution in [0.5, 0.6) is 0 Å². The Balaban J connectivity index is 0.996. The van der Waals surface area contributed by atoms with E-state index in [1.807, 2.05) is 0 Å². The smallest absolute Gasteiger partial charge is 0.0546 e. The predicted molar refractivity (Wildman–Crippen MR) is 283 cm³/mol. The van der Waals surface area contributed by atoms with Gasteiger partial charge in [-0.25, -0.2) is 0 Å². The summed E-state index contributed by atoms with van der Waals surface area (Å²) in [7, 11) is 0. The van der Waals surface area contributed by atoms with Crippen LogP contribution in [-0.2, 0) is 0 Å². The first-order valence-corrected chi connectivity index (χ1v) is 23.1. The Labute approximate surface area is 387 Å². The fourth-order valence-electron chi connectivity index (χ4n) is 10.4. The van der Waals surface area contributed by atoms with E-state index < -0.39 is 0 Å². The van der Waals surface area contributed by atoms with Crippen molar-refractivity contribution in [2.45, 2.75) is 19.3 Å². The highest BCUT2D eigenvalue weighted by atomic mass is 15.1. The Morgan fingerprint density at radius 3 is 1.62 bits per heavy atom. The van der Waals surface area contributed by atoms with Crippen LogP contribution in [0.4, 0.5) is 17.1 Å². The SMILES string of the molecule is CC1CC=Cc2cccc(-c3ccc(-c4ccc(N(c5ccc(-c6cccc7ccccc67)cc5)c5cc(-c6cccc7c6ccc6ccccc67)ccc5-c5ccccc5)cc4)cc3)c21. The molecular formula is C65H47N. The van der Waals surface area contributed by atoms with Crippen molar-refractivity contribution >= 4 is 55.5 Å². The molecule has 1 aliphatic carbocycles. The minimum Gasteiger partial charge on any atom is -0.310 e. The molecule has 0 N–H and O–H groups in total. The van der Waals surface area contributed by atoms with Crippen molar-refractivity contribution in [1.82, 2.24) is 0 Å². The van der Waals surface area contributed by atoms with Crippen LogP contribution in [0.2, 0.25) is 0 Å². The minimum absolute atomic E-state index is 0.501. The lowest BCUT2D eigenvalue weighted by Crippen LogP contribution is -2.11. The Bertz CT molecular complexity index is 3590. The number of rotatable bonds is 8. The molecule has 12 rings (SSSR count). The zero-order valence-electron chi connectivity index (χ0n) is 36.9. The van der Waals surface area contributed by atoms with Gasteiger partial charge in [0.2, 0.25) is 0 Å². The normalized spacial score (nSPS) is 13.3. The molecule has 0 bridgehead atoms. The van der Waals surface area contributed by atoms with Gasteiger partial charge in [-0.05, 0) is 136 Å². The summed E-state index contributed by atoms with van der Waals surface area (Å²) < 4.78 is 0. The first-order chi connectivity index (χ1) is 32.6. The lowest BCUT2D eigenvalue weighted by atomic mass is 9.83. The second-order valence-electron chi connectivity index (χ2n) is 17.7. The number of hydrogen-bond acceptors (Lipinski definition) is 1. The minimum atomic E-state index is 0.501. The van der Waals surface area contributed by atoms with Crippen molar-refractivity contribution < 1.29 is 0 Å². The molecule has 1 unspecified atom stereocenters. The van der Waals surface area contributed by atoms with Crippen LogP contribution in [0, 0.1) is 0 Å². The molecule has 11 aromatic rings. The predicted octanol–water partition coefficient (Wildman–Crippen LogP) is 18.5. The number of nitrogens with zero attached hydrogens (tertiary/aromatic N) is 1. The van der Waals surface area contributed by atoms with E-state index >= 15 is 0 Å². The molecule has 0 radical (unpaired) electrons. The largest absolute Gasteiger partial charge is 0.310 e. The standard InChI is InChI=1S/C65H47N/c1-44-13-9-19-52-20-11-25-61(65(44)52)51-29-27-45(28-30-51)46-31-37-54(38-32-46)66(55-39-33-50(34-40-55)57-23-10-18-47-16-5-7-21-56(47)57)64-43-53(36-41-60(64)48-14-3-2-4-15-48)59-24-12-26-62-58-22-8-6-17-49(58)35-42-63(59)62/h2-12,14-44H,13H2,1H3. The highest BCUT2D eigenvalue weighted by Crippen LogP contribution is 2.46. The summed E-state index contributed by atoms with van der Waals surface area (Å²) >= 11 is 0. The van der Waals surface area contributed by atoms with Crippen molar-refractivity contribution in [2.75, 3.05) is 4.90 Å². The van der Waals surface area contributed by atoms with Gasteiger partial charge in [0.25, 0.3) is 0 Å². The second kappa shape index (κ2) is 16.7. The van der Waals surface area contributed by atoms with Crippen molar-refractivity contribution in [3.05, 3.63) is 254 Å². The highest BCUT2D eigenvalue weighted by Gasteiger charge is 2.21. The van der Waals surface area contributed by atoms with Gasteiger partial charge in [0.1, 0.15) is 0 Å². The van der Waals surface area contributed by atoms with Gasteiger partial charge in [-0.1, -0.05) is 225 Å². The topological polar surface area (TPSA) is 3.24 Å². The van der Waals surface area contributed by atoms with Crippen LogP contribution in [-0.4, -0.2) is 0 Å². The molecule has 1 heteroatoms. The molecule has 0 saturated heterocycles. The second-order valence-corrected chi connectivity index (χ2v) is 17.7. The zero-order chi connectivity index (χ0) is 44.0. The van der Waals surface area contributed by atoms with E-state index in [-0.39, 0.29) is 0 Å². The molecule has 0 fully saturated rings. The first-order valence-electron chi connectivity index (χ1n) is 23.1. The maximum atomic E-state index is 2.44. The molecule has 11 aromatic carbocycles. The van der Waals surface area contributed by atoms with E-state index in [1.54, 1.807) is 0 Å². The van der Waals surface area contributed by atoms with Gasteiger partial charge in [0.15, 0.2) is 0 Å². The van der Waals surface area contributed by atoms with Crippen molar-refractivity contribution in [3.8, 4) is 55.6 Å². The van der Waals surface area contributed by atoms with Crippen LogP contribution < -0.4 is 4.90 Å². The first kappa shape index (κ1) is 39.3. The van der Waals surface area contributed by atoms with E-state index in [9.17, 15) is 0 Å². The molecule has 0 saturated carbocycles. The number of benzene rings is 11. The van der Waals surface area contributed by atoms with E-state index in [2.05, 4.69) is 261 Å². The van der Waals surface area contributed by atoms with Crippen molar-refractivity contribution in [2.24, 2.45) is 0 Å². The molecule has 0 aliphatic heterocycles. The van der Waals surface area contributed by atoms with E-state index in [0.29, 0.717) is 5.92 Å². The van der Waals surface area contributed by atoms with Gasteiger partial charge in [-0.15, -0.1) is 0 Å². The van der Waals surface area contributed by atoms with Gasteiger partial charge in [0.05, 0.1) is 5.69 Å². The maximum absolute atomic E-state index is 2.44. The van der Waals surface area contributed by atoms with Gasteiger partial charge < -0.3 is 4.90 Å². The lowest BCUT2D eigenvalue weighted by molar-refractivity contribution is 0.774. The molecule has 0 amide bonds. The summed E-state index contributed by atoms with van der Waals surface area (Å²) in [6.07, 6.45) is 5.66. The van der Waals surface area contributed by atoms with Crippen LogP contribution in [0.1, 0.15) is 30.4 Å². The van der Waals surface area contributed by atoms with Crippen molar-refractivity contribution in [1.29, 1.82) is 0 Å². The van der Waals surface area contributed by atoms with Crippen LogP contribution in [0.3, 0.4) is 0 Å². The van der Waals surface area contributed by atoms with Gasteiger partial charge in [-0.3, -0.25) is 0 Å². The third kappa shape index (κ3) is 7.07. The van der Waals surface area contributed by atoms with E-state index in [0.717, 1.165) is 29.0 Å². The molecule has 0 spiro atoms.